The second-order valence-electron chi connectivity index (χ2n) is 4.02. The molecule has 0 amide bonds. The smallest absolute Gasteiger partial charge is 0.125 e. The molecule has 2 aromatic rings. The van der Waals surface area contributed by atoms with Crippen molar-refractivity contribution in [3.05, 3.63) is 40.1 Å². The standard InChI is InChI=1S/C12H15N5S/c1-8-16-9(7-18-8)6-17(2)11-5-15-4-3-10(11)12(13)14/h3-5,7H,6H2,1-2H3,(H3,13,14). The van der Waals surface area contributed by atoms with Crippen molar-refractivity contribution in [1.29, 1.82) is 5.41 Å². The molecule has 6 heteroatoms. The first-order valence-electron chi connectivity index (χ1n) is 5.48. The molecule has 18 heavy (non-hydrogen) atoms. The molecule has 94 valence electrons. The molecule has 0 fully saturated rings. The zero-order valence-corrected chi connectivity index (χ0v) is 11.2. The van der Waals surface area contributed by atoms with Crippen molar-refractivity contribution in [3.63, 3.8) is 0 Å². The summed E-state index contributed by atoms with van der Waals surface area (Å²) in [6, 6.07) is 1.75. The number of hydrogen-bond donors (Lipinski definition) is 2. The van der Waals surface area contributed by atoms with Gasteiger partial charge in [-0.3, -0.25) is 10.4 Å². The summed E-state index contributed by atoms with van der Waals surface area (Å²) >= 11 is 1.63. The van der Waals surface area contributed by atoms with Crippen LogP contribution in [0.4, 0.5) is 5.69 Å². The topological polar surface area (TPSA) is 78.9 Å². The van der Waals surface area contributed by atoms with E-state index >= 15 is 0 Å². The van der Waals surface area contributed by atoms with Crippen LogP contribution in [0.2, 0.25) is 0 Å². The number of aromatic nitrogens is 2. The van der Waals surface area contributed by atoms with Crippen LogP contribution in [0.3, 0.4) is 0 Å². The van der Waals surface area contributed by atoms with Crippen molar-refractivity contribution in [2.75, 3.05) is 11.9 Å². The lowest BCUT2D eigenvalue weighted by molar-refractivity contribution is 0.885. The lowest BCUT2D eigenvalue weighted by Crippen LogP contribution is -2.22. The van der Waals surface area contributed by atoms with E-state index in [0.717, 1.165) is 16.4 Å². The molecule has 0 aliphatic rings. The number of hydrogen-bond acceptors (Lipinski definition) is 5. The first-order valence-corrected chi connectivity index (χ1v) is 6.36. The van der Waals surface area contributed by atoms with E-state index in [0.29, 0.717) is 12.1 Å². The van der Waals surface area contributed by atoms with Crippen LogP contribution < -0.4 is 10.6 Å². The average molecular weight is 261 g/mol. The van der Waals surface area contributed by atoms with Crippen LogP contribution in [0.15, 0.2) is 23.8 Å². The Labute approximate surface area is 110 Å². The van der Waals surface area contributed by atoms with Gasteiger partial charge in [0.25, 0.3) is 0 Å². The summed E-state index contributed by atoms with van der Waals surface area (Å²) in [4.78, 5) is 10.5. The van der Waals surface area contributed by atoms with Gasteiger partial charge in [0.1, 0.15) is 5.84 Å². The van der Waals surface area contributed by atoms with Gasteiger partial charge in [0, 0.05) is 24.2 Å². The van der Waals surface area contributed by atoms with Crippen LogP contribution in [-0.4, -0.2) is 22.9 Å². The minimum absolute atomic E-state index is 0.0497. The quantitative estimate of drug-likeness (QED) is 0.649. The summed E-state index contributed by atoms with van der Waals surface area (Å²) < 4.78 is 0. The molecule has 0 unspecified atom stereocenters. The molecule has 5 nitrogen and oxygen atoms in total. The van der Waals surface area contributed by atoms with E-state index in [1.165, 1.54) is 0 Å². The molecule has 2 heterocycles. The third kappa shape index (κ3) is 2.65. The zero-order chi connectivity index (χ0) is 13.1. The number of rotatable bonds is 4. The summed E-state index contributed by atoms with van der Waals surface area (Å²) in [6.07, 6.45) is 3.36. The number of nitrogens with two attached hydrogens (primary N) is 1. The summed E-state index contributed by atoms with van der Waals surface area (Å²) in [5.41, 5.74) is 8.11. The summed E-state index contributed by atoms with van der Waals surface area (Å²) in [7, 11) is 1.94. The Morgan fingerprint density at radius 2 is 2.33 bits per heavy atom. The second kappa shape index (κ2) is 5.14. The Kier molecular flexibility index (Phi) is 3.57. The number of thiazole rings is 1. The minimum atomic E-state index is 0.0497. The van der Waals surface area contributed by atoms with Crippen molar-refractivity contribution < 1.29 is 0 Å². The normalized spacial score (nSPS) is 10.3. The molecule has 0 atom stereocenters. The van der Waals surface area contributed by atoms with Crippen molar-refractivity contribution in [2.24, 2.45) is 5.73 Å². The highest BCUT2D eigenvalue weighted by Crippen LogP contribution is 2.20. The van der Waals surface area contributed by atoms with Crippen LogP contribution >= 0.6 is 11.3 Å². The molecule has 0 radical (unpaired) electrons. The molecule has 0 saturated carbocycles. The highest BCUT2D eigenvalue weighted by atomic mass is 32.1. The Bertz CT molecular complexity index is 563. The minimum Gasteiger partial charge on any atom is -0.384 e. The Morgan fingerprint density at radius 1 is 1.56 bits per heavy atom. The fourth-order valence-corrected chi connectivity index (χ4v) is 2.33. The molecular formula is C12H15N5S. The molecular weight excluding hydrogens is 246 g/mol. The van der Waals surface area contributed by atoms with Crippen molar-refractivity contribution in [3.8, 4) is 0 Å². The predicted octanol–water partition coefficient (Wildman–Crippen LogP) is 1.77. The van der Waals surface area contributed by atoms with Crippen LogP contribution in [-0.2, 0) is 6.54 Å². The highest BCUT2D eigenvalue weighted by Gasteiger charge is 2.11. The number of aryl methyl sites for hydroxylation is 1. The molecule has 0 aromatic carbocycles. The van der Waals surface area contributed by atoms with Gasteiger partial charge in [-0.15, -0.1) is 11.3 Å². The SMILES string of the molecule is Cc1nc(CN(C)c2cnccc2C(=N)N)cs1. The Morgan fingerprint density at radius 3 is 2.94 bits per heavy atom. The highest BCUT2D eigenvalue weighted by molar-refractivity contribution is 7.09. The van der Waals surface area contributed by atoms with E-state index in [4.69, 9.17) is 11.1 Å². The summed E-state index contributed by atoms with van der Waals surface area (Å²) in [5.74, 6) is 0.0497. The number of pyridine rings is 1. The van der Waals surface area contributed by atoms with Crippen LogP contribution in [0.5, 0.6) is 0 Å². The van der Waals surface area contributed by atoms with Gasteiger partial charge in [-0.05, 0) is 13.0 Å². The van der Waals surface area contributed by atoms with Gasteiger partial charge in [0.15, 0.2) is 0 Å². The van der Waals surface area contributed by atoms with E-state index in [9.17, 15) is 0 Å². The number of nitrogen functional groups attached to an aromatic ring is 1. The monoisotopic (exact) mass is 261 g/mol. The van der Waals surface area contributed by atoms with E-state index in [2.05, 4.69) is 9.97 Å². The number of nitrogens with zero attached hydrogens (tertiary/aromatic N) is 3. The number of nitrogens with one attached hydrogen (secondary N) is 1. The molecule has 2 aromatic heterocycles. The van der Waals surface area contributed by atoms with E-state index in [-0.39, 0.29) is 5.84 Å². The third-order valence-electron chi connectivity index (χ3n) is 2.57. The van der Waals surface area contributed by atoms with Gasteiger partial charge in [-0.25, -0.2) is 4.98 Å². The van der Waals surface area contributed by atoms with Gasteiger partial charge in [-0.1, -0.05) is 0 Å². The summed E-state index contributed by atoms with van der Waals surface area (Å²) in [5, 5.41) is 10.7. The Balaban J connectivity index is 2.23. The largest absolute Gasteiger partial charge is 0.384 e. The first kappa shape index (κ1) is 12.5. The average Bonchev–Trinajstić information content (AvgIpc) is 2.74. The van der Waals surface area contributed by atoms with E-state index in [1.54, 1.807) is 29.8 Å². The molecule has 0 spiro atoms. The van der Waals surface area contributed by atoms with Gasteiger partial charge in [-0.2, -0.15) is 0 Å². The second-order valence-corrected chi connectivity index (χ2v) is 5.08. The maximum atomic E-state index is 7.56. The molecule has 0 saturated heterocycles. The van der Waals surface area contributed by atoms with Gasteiger partial charge in [0.05, 0.1) is 29.1 Å². The van der Waals surface area contributed by atoms with E-state index < -0.39 is 0 Å². The van der Waals surface area contributed by atoms with Gasteiger partial charge in [0.2, 0.25) is 0 Å². The molecule has 3 N–H and O–H groups in total. The predicted molar refractivity (Wildman–Crippen MR) is 74.2 cm³/mol. The van der Waals surface area contributed by atoms with Gasteiger partial charge < -0.3 is 10.6 Å². The molecule has 2 rings (SSSR count). The first-order chi connectivity index (χ1) is 8.58. The fraction of sp³-hybridized carbons (Fsp3) is 0.250. The lowest BCUT2D eigenvalue weighted by atomic mass is 10.2. The maximum absolute atomic E-state index is 7.56. The molecule has 0 bridgehead atoms. The van der Waals surface area contributed by atoms with E-state index in [1.807, 2.05) is 24.3 Å². The maximum Gasteiger partial charge on any atom is 0.125 e. The Hall–Kier alpha value is -1.95. The van der Waals surface area contributed by atoms with Crippen molar-refractivity contribution in [1.82, 2.24) is 9.97 Å². The number of amidine groups is 1. The van der Waals surface area contributed by atoms with Crippen molar-refractivity contribution in [2.45, 2.75) is 13.5 Å². The van der Waals surface area contributed by atoms with Crippen LogP contribution in [0, 0.1) is 12.3 Å². The van der Waals surface area contributed by atoms with Gasteiger partial charge >= 0.3 is 0 Å². The van der Waals surface area contributed by atoms with Crippen LogP contribution in [0.1, 0.15) is 16.3 Å². The van der Waals surface area contributed by atoms with Crippen molar-refractivity contribution >= 4 is 22.9 Å². The van der Waals surface area contributed by atoms with Crippen LogP contribution in [0.25, 0.3) is 0 Å². The fourth-order valence-electron chi connectivity index (χ4n) is 1.73. The zero-order valence-electron chi connectivity index (χ0n) is 10.3. The number of anilines is 1. The molecule has 0 aliphatic heterocycles. The molecule has 0 aliphatic carbocycles. The summed E-state index contributed by atoms with van der Waals surface area (Å²) in [6.45, 7) is 2.66. The third-order valence-corrected chi connectivity index (χ3v) is 3.39. The lowest BCUT2D eigenvalue weighted by Gasteiger charge is -2.20.